The Balaban J connectivity index is 0.726. The summed E-state index contributed by atoms with van der Waals surface area (Å²) in [6.07, 6.45) is -68.0. The molecule has 2 aliphatic carbocycles. The van der Waals surface area contributed by atoms with Crippen molar-refractivity contribution in [2.45, 2.75) is 399 Å². The van der Waals surface area contributed by atoms with Gasteiger partial charge >= 0.3 is 0 Å². The number of aliphatic hydroxyl groups is 21. The minimum Gasteiger partial charge on any atom is -0.394 e. The van der Waals surface area contributed by atoms with E-state index >= 15 is 0 Å². The lowest BCUT2D eigenvalue weighted by Gasteiger charge is -2.50. The normalized spacial score (nSPS) is 53.3. The molecule has 18 heterocycles. The van der Waals surface area contributed by atoms with Crippen LogP contribution in [-0.2, 0) is 118 Å². The van der Waals surface area contributed by atoms with Gasteiger partial charge in [0.2, 0.25) is 0 Å². The third-order valence-electron chi connectivity index (χ3n) is 26.6. The molecule has 51 atom stereocenters. The van der Waals surface area contributed by atoms with Crippen molar-refractivity contribution in [3.63, 3.8) is 0 Å². The highest BCUT2D eigenvalue weighted by atomic mass is 16.8. The van der Waals surface area contributed by atoms with E-state index in [2.05, 4.69) is 0 Å². The first kappa shape index (κ1) is 98.2. The third-order valence-corrected chi connectivity index (χ3v) is 26.6. The third kappa shape index (κ3) is 21.7. The van der Waals surface area contributed by atoms with Crippen LogP contribution in [0.2, 0.25) is 0 Å². The van der Waals surface area contributed by atoms with Gasteiger partial charge in [0.25, 0.3) is 0 Å². The summed E-state index contributed by atoms with van der Waals surface area (Å²) in [6.45, 7) is -2.51. The average Bonchev–Trinajstić information content (AvgIpc) is 1.13. The number of rotatable bonds is 12. The van der Waals surface area contributed by atoms with E-state index in [0.29, 0.717) is 57.8 Å². The Hall–Kier alpha value is -1.84. The minimum atomic E-state index is -2.14. The van der Waals surface area contributed by atoms with E-state index in [0.717, 1.165) is 0 Å². The summed E-state index contributed by atoms with van der Waals surface area (Å²) in [5.41, 5.74) is 0. The van der Waals surface area contributed by atoms with E-state index in [1.807, 2.05) is 0 Å². The first-order chi connectivity index (χ1) is 59.6. The van der Waals surface area contributed by atoms with Crippen LogP contribution in [0.4, 0.5) is 0 Å². The van der Waals surface area contributed by atoms with E-state index in [1.54, 1.807) is 13.8 Å². The van der Waals surface area contributed by atoms with Crippen LogP contribution in [0.15, 0.2) is 0 Å². The molecule has 0 aromatic heterocycles. The Bertz CT molecular complexity index is 3160. The molecule has 36 unspecified atom stereocenters. The lowest BCUT2D eigenvalue weighted by Crippen LogP contribution is -2.67. The van der Waals surface area contributed by atoms with Gasteiger partial charge < -0.3 is 226 Å². The van der Waals surface area contributed by atoms with Crippen LogP contribution >= 0.6 is 0 Å². The Morgan fingerprint density at radius 2 is 0.573 bits per heavy atom. The summed E-state index contributed by atoms with van der Waals surface area (Å²) in [6, 6.07) is 0. The van der Waals surface area contributed by atoms with Crippen molar-refractivity contribution in [3.8, 4) is 0 Å². The summed E-state index contributed by atoms with van der Waals surface area (Å²) in [7, 11) is 0. The van der Waals surface area contributed by atoms with Gasteiger partial charge in [0.15, 0.2) is 62.9 Å². The molecule has 0 spiro atoms. The van der Waals surface area contributed by atoms with Crippen molar-refractivity contribution < 1.29 is 226 Å². The highest BCUT2D eigenvalue weighted by Gasteiger charge is 2.61. The van der Waals surface area contributed by atoms with Crippen LogP contribution < -0.4 is 0 Å². The second-order valence-corrected chi connectivity index (χ2v) is 34.8. The van der Waals surface area contributed by atoms with E-state index in [4.69, 9.17) is 118 Å². The maximum atomic E-state index is 12.6. The fourth-order valence-corrected chi connectivity index (χ4v) is 19.3. The second-order valence-electron chi connectivity index (χ2n) is 34.8. The number of ether oxygens (including phenoxy) is 25. The van der Waals surface area contributed by atoms with Crippen molar-refractivity contribution in [3.05, 3.63) is 0 Å². The molecular formula is C78H130O46. The Labute approximate surface area is 713 Å². The van der Waals surface area contributed by atoms with E-state index in [-0.39, 0.29) is 26.1 Å². The smallest absolute Gasteiger partial charge is 0.187 e. The topological polar surface area (TPSA) is 656 Å². The predicted octanol–water partition coefficient (Wildman–Crippen LogP) is -10.3. The Kier molecular flexibility index (Phi) is 34.9. The maximum Gasteiger partial charge on any atom is 0.187 e. The molecule has 718 valence electrons. The van der Waals surface area contributed by atoms with E-state index in [1.165, 1.54) is 13.8 Å². The number of hydrogen-bond acceptors (Lipinski definition) is 46. The van der Waals surface area contributed by atoms with Crippen molar-refractivity contribution >= 4 is 0 Å². The first-order valence-corrected chi connectivity index (χ1v) is 43.5. The van der Waals surface area contributed by atoms with Crippen LogP contribution in [0.25, 0.3) is 0 Å². The zero-order chi connectivity index (χ0) is 88.4. The van der Waals surface area contributed by atoms with Gasteiger partial charge in [-0.05, 0) is 65.2 Å². The van der Waals surface area contributed by atoms with Gasteiger partial charge in [-0.15, -0.1) is 0 Å². The van der Waals surface area contributed by atoms with Crippen molar-refractivity contribution in [1.29, 1.82) is 0 Å². The Morgan fingerprint density at radius 3 is 0.976 bits per heavy atom. The molecule has 17 bridgehead atoms. The summed E-state index contributed by atoms with van der Waals surface area (Å²) < 4.78 is 157. The van der Waals surface area contributed by atoms with Crippen molar-refractivity contribution in [2.75, 3.05) is 79.3 Å². The van der Waals surface area contributed by atoms with Gasteiger partial charge in [0.1, 0.15) is 159 Å². The average molecular weight is 1800 g/mol. The van der Waals surface area contributed by atoms with Gasteiger partial charge in [-0.25, -0.2) is 0 Å². The molecule has 20 aliphatic rings. The Morgan fingerprint density at radius 1 is 0.242 bits per heavy atom. The summed E-state index contributed by atoms with van der Waals surface area (Å²) >= 11 is 0. The molecule has 20 fully saturated rings. The van der Waals surface area contributed by atoms with Gasteiger partial charge in [-0.2, -0.15) is 0 Å². The molecule has 20 rings (SSSR count). The van der Waals surface area contributed by atoms with Crippen LogP contribution in [0.1, 0.15) is 98.3 Å². The van der Waals surface area contributed by atoms with Gasteiger partial charge in [-0.1, -0.05) is 26.7 Å². The highest BCUT2D eigenvalue weighted by Crippen LogP contribution is 2.43. The van der Waals surface area contributed by atoms with E-state index < -0.39 is 379 Å². The van der Waals surface area contributed by atoms with Crippen LogP contribution in [0.5, 0.6) is 0 Å². The lowest BCUT2D eigenvalue weighted by atomic mass is 9.90. The summed E-state index contributed by atoms with van der Waals surface area (Å²) in [5.74, 6) is -1.61. The summed E-state index contributed by atoms with van der Waals surface area (Å²) in [5, 5.41) is 240. The zero-order valence-corrected chi connectivity index (χ0v) is 69.3. The van der Waals surface area contributed by atoms with Crippen LogP contribution in [0, 0.1) is 11.8 Å². The van der Waals surface area contributed by atoms with Gasteiger partial charge in [-0.3, -0.25) is 0 Å². The van der Waals surface area contributed by atoms with Crippen LogP contribution in [0.3, 0.4) is 0 Å². The number of aliphatic hydroxyl groups excluding tert-OH is 21. The minimum absolute atomic E-state index is 0.201. The van der Waals surface area contributed by atoms with Crippen LogP contribution in [-0.4, -0.2) is 487 Å². The van der Waals surface area contributed by atoms with Crippen molar-refractivity contribution in [2.24, 2.45) is 11.8 Å². The first-order valence-electron chi connectivity index (χ1n) is 43.5. The SMILES string of the molecule is CC1OC(CO)[C@@H](O[C@@H]2OC(CO)[C@H]3O[C@@H]4OC(CO)[C@@H](O[C@@H]5OC(CO)C(C)C(O)C5OCC5OC6CC[C@@H]7CC(CC[C@H]6O5)OC(COC5C(O)C(C)C(CO)O[C@H]5O[C@@H]5C(CO)O[C@@H](O[C@@H]6C(CO)O[C@@H](O[C@@H]8C(CO)OC(C)C(O)C8O)C(OCC8OC9CCCCC(CC[C@@H]9O8)OC(O)COC2C3O)C6O)C(O)C5O)O7)C(O)C4O)C(O)C1O. The highest BCUT2D eigenvalue weighted by molar-refractivity contribution is 5.03. The fraction of sp³-hybridized carbons (Fsp3) is 1.00. The summed E-state index contributed by atoms with van der Waals surface area (Å²) in [4.78, 5) is 0. The number of hydrogen-bond donors (Lipinski definition) is 21. The molecule has 2 saturated carbocycles. The molecule has 0 radical (unpaired) electrons. The quantitative estimate of drug-likeness (QED) is 0.0863. The zero-order valence-electron chi connectivity index (χ0n) is 69.3. The maximum absolute atomic E-state index is 12.6. The van der Waals surface area contributed by atoms with Gasteiger partial charge in [0, 0.05) is 18.3 Å². The molecule has 0 aromatic carbocycles. The standard InChI is InChI=1S/C78H130O46/c1-28-39(16-79)113-75-69(51(28)88)101-25-48-107-33-10-13-37-38(14-11-34(15-33)108-48)112-50(111-37)26-102-70-52(89)29(2)40(17-80)114-76(70)124-66-44(21-84)115-73(59(96)57(66)94)119-67-45(22-85)117-77(121-63-41(18-81)104-30(3)53(90)55(63)92)71(61(67)98)100-24-47(87)106-32-7-5-6-8-35-36(12-9-32)110-49(109-35)27-103-72-62(99)68(120-74-60(97)58(95)65(123-75)43(20-83)116-74)46(23-86)118-78(72)122-64-42(19-82)105-31(4)54(91)56(64)93/h28-99H,5-27H2,1-4H3/t28?,29?,30?,31?,32?,33-,34?,35?,36+,37?,38-,39?,40?,41?,42?,43?,44?,45?,46?,47?,48?,49?,50?,51?,52?,53?,54?,55?,56?,57?,58?,59?,60?,61?,62?,63-,64-,65-,66-,67-,68-,69?,70?,71?,72?,73+,74+,75+,76+,77+,78+/m1/s1. The molecule has 18 aliphatic heterocycles. The lowest BCUT2D eigenvalue weighted by molar-refractivity contribution is -0.389. The molecule has 18 saturated heterocycles. The fourth-order valence-electron chi connectivity index (χ4n) is 19.3. The molecular weight excluding hydrogens is 1670 g/mol. The molecule has 46 heteroatoms. The second kappa shape index (κ2) is 44.1. The largest absolute Gasteiger partial charge is 0.394 e. The predicted molar refractivity (Wildman–Crippen MR) is 398 cm³/mol. The molecule has 21 N–H and O–H groups in total. The molecule has 46 nitrogen and oxygen atoms in total. The molecule has 124 heavy (non-hydrogen) atoms. The molecule has 0 amide bonds. The molecule has 0 aromatic rings. The van der Waals surface area contributed by atoms with Crippen molar-refractivity contribution in [1.82, 2.24) is 0 Å². The monoisotopic (exact) mass is 1800 g/mol. The van der Waals surface area contributed by atoms with Gasteiger partial charge in [0.05, 0.1) is 159 Å². The van der Waals surface area contributed by atoms with E-state index in [9.17, 15) is 107 Å².